The van der Waals surface area contributed by atoms with Gasteiger partial charge in [-0.05, 0) is 61.7 Å². The van der Waals surface area contributed by atoms with Crippen molar-refractivity contribution in [2.24, 2.45) is 0 Å². The van der Waals surface area contributed by atoms with E-state index in [-0.39, 0.29) is 11.5 Å². The number of fused-ring (bicyclic) bond motifs is 2. The van der Waals surface area contributed by atoms with Gasteiger partial charge in [-0.25, -0.2) is 4.98 Å². The molecule has 1 amide bonds. The van der Waals surface area contributed by atoms with E-state index in [1.807, 2.05) is 29.7 Å². The lowest BCUT2D eigenvalue weighted by atomic mass is 10.1. The average molecular weight is 440 g/mol. The Morgan fingerprint density at radius 3 is 2.75 bits per heavy atom. The van der Waals surface area contributed by atoms with Crippen LogP contribution in [0.2, 0.25) is 0 Å². The smallest absolute Gasteiger partial charge is 0.261 e. The third-order valence-electron chi connectivity index (χ3n) is 5.27. The molecule has 0 aliphatic carbocycles. The van der Waals surface area contributed by atoms with E-state index in [1.54, 1.807) is 18.2 Å². The number of carbonyl (C=O) groups is 1. The quantitative estimate of drug-likeness (QED) is 0.621. The number of benzene rings is 2. The van der Waals surface area contributed by atoms with Crippen molar-refractivity contribution in [3.05, 3.63) is 68.2 Å². The highest BCUT2D eigenvalue weighted by atomic mass is 79.9. The molecule has 0 atom stereocenters. The fourth-order valence-corrected chi connectivity index (χ4v) is 4.17. The van der Waals surface area contributed by atoms with Gasteiger partial charge in [-0.1, -0.05) is 28.8 Å². The van der Waals surface area contributed by atoms with Gasteiger partial charge >= 0.3 is 0 Å². The van der Waals surface area contributed by atoms with Crippen molar-refractivity contribution < 1.29 is 4.79 Å². The molecule has 6 heteroatoms. The molecule has 5 nitrogen and oxygen atoms in total. The van der Waals surface area contributed by atoms with Gasteiger partial charge in [-0.3, -0.25) is 14.2 Å². The predicted molar refractivity (Wildman–Crippen MR) is 115 cm³/mol. The molecule has 2 heterocycles. The van der Waals surface area contributed by atoms with Gasteiger partial charge in [0.05, 0.1) is 10.9 Å². The second-order valence-electron chi connectivity index (χ2n) is 7.29. The minimum Gasteiger partial charge on any atom is -0.322 e. The standard InChI is InChI=1S/C22H22BrN3O2/c1-14-12-16(23)8-10-18(14)25-21(27)15-7-9-17-19(13-15)24-20-6-4-2-3-5-11-26(20)22(17)28/h7-10,12-13H,2-6,11H2,1H3,(H,25,27). The van der Waals surface area contributed by atoms with E-state index in [9.17, 15) is 9.59 Å². The fourth-order valence-electron chi connectivity index (χ4n) is 3.70. The summed E-state index contributed by atoms with van der Waals surface area (Å²) < 4.78 is 2.78. The minimum absolute atomic E-state index is 0.00221. The molecule has 1 aliphatic rings. The van der Waals surface area contributed by atoms with Gasteiger partial charge in [0.25, 0.3) is 11.5 Å². The Kier molecular flexibility index (Phi) is 5.31. The Morgan fingerprint density at radius 2 is 1.93 bits per heavy atom. The molecule has 3 aromatic rings. The first-order valence-corrected chi connectivity index (χ1v) is 10.4. The molecule has 0 bridgehead atoms. The van der Waals surface area contributed by atoms with E-state index in [0.29, 0.717) is 16.5 Å². The lowest BCUT2D eigenvalue weighted by Gasteiger charge is -2.16. The molecular weight excluding hydrogens is 418 g/mol. The van der Waals surface area contributed by atoms with Gasteiger partial charge in [0.15, 0.2) is 0 Å². The summed E-state index contributed by atoms with van der Waals surface area (Å²) in [6.07, 6.45) is 5.18. The molecule has 2 aromatic carbocycles. The van der Waals surface area contributed by atoms with Gasteiger partial charge in [0, 0.05) is 28.7 Å². The number of hydrogen-bond donors (Lipinski definition) is 1. The molecule has 0 saturated carbocycles. The Labute approximate surface area is 171 Å². The van der Waals surface area contributed by atoms with E-state index in [2.05, 4.69) is 21.2 Å². The number of carbonyl (C=O) groups excluding carboxylic acids is 1. The molecule has 0 unspecified atom stereocenters. The third-order valence-corrected chi connectivity index (χ3v) is 5.76. The zero-order valence-corrected chi connectivity index (χ0v) is 17.4. The van der Waals surface area contributed by atoms with Crippen LogP contribution in [0, 0.1) is 6.92 Å². The molecule has 4 rings (SSSR count). The summed E-state index contributed by atoms with van der Waals surface area (Å²) in [5, 5.41) is 3.51. The number of nitrogens with one attached hydrogen (secondary N) is 1. The molecule has 0 spiro atoms. The molecule has 0 radical (unpaired) electrons. The van der Waals surface area contributed by atoms with E-state index in [0.717, 1.165) is 53.8 Å². The molecule has 1 aromatic heterocycles. The monoisotopic (exact) mass is 439 g/mol. The molecule has 0 fully saturated rings. The summed E-state index contributed by atoms with van der Waals surface area (Å²) in [5.41, 5.74) is 2.83. The largest absolute Gasteiger partial charge is 0.322 e. The van der Waals surface area contributed by atoms with Crippen LogP contribution in [0.1, 0.15) is 47.4 Å². The zero-order chi connectivity index (χ0) is 19.7. The van der Waals surface area contributed by atoms with Crippen molar-refractivity contribution in [3.63, 3.8) is 0 Å². The van der Waals surface area contributed by atoms with Crippen molar-refractivity contribution in [1.29, 1.82) is 0 Å². The lowest BCUT2D eigenvalue weighted by molar-refractivity contribution is 0.102. The molecular formula is C22H22BrN3O2. The topological polar surface area (TPSA) is 64.0 Å². The number of nitrogens with zero attached hydrogens (tertiary/aromatic N) is 2. The summed E-state index contributed by atoms with van der Waals surface area (Å²) in [5.74, 6) is 0.625. The highest BCUT2D eigenvalue weighted by Crippen LogP contribution is 2.22. The van der Waals surface area contributed by atoms with Crippen molar-refractivity contribution >= 4 is 38.4 Å². The van der Waals surface area contributed by atoms with Crippen LogP contribution in [0.3, 0.4) is 0 Å². The first kappa shape index (κ1) is 18.9. The maximum atomic E-state index is 12.9. The summed E-state index contributed by atoms with van der Waals surface area (Å²) in [7, 11) is 0. The van der Waals surface area contributed by atoms with Gasteiger partial charge in [-0.2, -0.15) is 0 Å². The molecule has 1 N–H and O–H groups in total. The molecule has 144 valence electrons. The maximum absolute atomic E-state index is 12.9. The van der Waals surface area contributed by atoms with Crippen LogP contribution >= 0.6 is 15.9 Å². The number of aromatic nitrogens is 2. The molecule has 28 heavy (non-hydrogen) atoms. The maximum Gasteiger partial charge on any atom is 0.261 e. The first-order chi connectivity index (χ1) is 13.5. The molecule has 1 aliphatic heterocycles. The number of halogens is 1. The second-order valence-corrected chi connectivity index (χ2v) is 8.21. The van der Waals surface area contributed by atoms with Gasteiger partial charge in [0.1, 0.15) is 5.82 Å². The summed E-state index contributed by atoms with van der Waals surface area (Å²) in [4.78, 5) is 30.4. The highest BCUT2D eigenvalue weighted by molar-refractivity contribution is 9.10. The highest BCUT2D eigenvalue weighted by Gasteiger charge is 2.15. The normalized spacial score (nSPS) is 14.2. The van der Waals surface area contributed by atoms with Gasteiger partial charge in [0.2, 0.25) is 0 Å². The Bertz CT molecular complexity index is 1120. The Balaban J connectivity index is 1.69. The van der Waals surface area contributed by atoms with Crippen LogP contribution in [-0.2, 0) is 13.0 Å². The predicted octanol–water partition coefficient (Wildman–Crippen LogP) is 4.84. The number of hydrogen-bond acceptors (Lipinski definition) is 3. The zero-order valence-electron chi connectivity index (χ0n) is 15.8. The van der Waals surface area contributed by atoms with Gasteiger partial charge in [-0.15, -0.1) is 0 Å². The number of anilines is 1. The fraction of sp³-hybridized carbons (Fsp3) is 0.318. The van der Waals surface area contributed by atoms with Crippen molar-refractivity contribution in [2.75, 3.05) is 5.32 Å². The van der Waals surface area contributed by atoms with Crippen LogP contribution < -0.4 is 10.9 Å². The third kappa shape index (κ3) is 3.74. The van der Waals surface area contributed by atoms with Crippen molar-refractivity contribution in [2.45, 2.75) is 45.6 Å². The van der Waals surface area contributed by atoms with Gasteiger partial charge < -0.3 is 5.32 Å². The SMILES string of the molecule is Cc1cc(Br)ccc1NC(=O)c1ccc2c(=O)n3c(nc2c1)CCCCCC3. The van der Waals surface area contributed by atoms with E-state index >= 15 is 0 Å². The number of amides is 1. The van der Waals surface area contributed by atoms with Crippen LogP contribution in [0.5, 0.6) is 0 Å². The van der Waals surface area contributed by atoms with E-state index in [1.165, 1.54) is 6.42 Å². The number of aryl methyl sites for hydroxylation is 2. The Morgan fingerprint density at radius 1 is 1.11 bits per heavy atom. The first-order valence-electron chi connectivity index (χ1n) is 9.64. The average Bonchev–Trinajstić information content (AvgIpc) is 2.65. The Hall–Kier alpha value is -2.47. The van der Waals surface area contributed by atoms with Crippen molar-refractivity contribution in [1.82, 2.24) is 9.55 Å². The summed E-state index contributed by atoms with van der Waals surface area (Å²) >= 11 is 3.43. The van der Waals surface area contributed by atoms with Crippen molar-refractivity contribution in [3.8, 4) is 0 Å². The number of rotatable bonds is 2. The minimum atomic E-state index is -0.207. The summed E-state index contributed by atoms with van der Waals surface area (Å²) in [6, 6.07) is 10.9. The molecule has 0 saturated heterocycles. The van der Waals surface area contributed by atoms with Crippen LogP contribution in [0.25, 0.3) is 10.9 Å². The van der Waals surface area contributed by atoms with E-state index < -0.39 is 0 Å². The second kappa shape index (κ2) is 7.87. The van der Waals surface area contributed by atoms with Crippen LogP contribution in [0.4, 0.5) is 5.69 Å². The lowest BCUT2D eigenvalue weighted by Crippen LogP contribution is -2.26. The van der Waals surface area contributed by atoms with Crippen LogP contribution in [0.15, 0.2) is 45.7 Å². The van der Waals surface area contributed by atoms with Crippen LogP contribution in [-0.4, -0.2) is 15.5 Å². The summed E-state index contributed by atoms with van der Waals surface area (Å²) in [6.45, 7) is 2.67. The van der Waals surface area contributed by atoms with E-state index in [4.69, 9.17) is 4.98 Å².